The number of amides is 1. The number of nitrogens with one attached hydrogen (secondary N) is 1. The van der Waals surface area contributed by atoms with E-state index in [2.05, 4.69) is 5.32 Å². The lowest BCUT2D eigenvalue weighted by Gasteiger charge is -2.56. The number of ether oxygens (including phenoxy) is 1. The maximum absolute atomic E-state index is 12.8. The van der Waals surface area contributed by atoms with Crippen molar-refractivity contribution in [3.05, 3.63) is 71.3 Å². The highest BCUT2D eigenvalue weighted by molar-refractivity contribution is 6.14. The fourth-order valence-electron chi connectivity index (χ4n) is 6.41. The van der Waals surface area contributed by atoms with Crippen LogP contribution in [-0.4, -0.2) is 29.8 Å². The van der Waals surface area contributed by atoms with Crippen LogP contribution in [0.25, 0.3) is 0 Å². The second-order valence-corrected chi connectivity index (χ2v) is 9.56. The normalized spacial score (nSPS) is 28.2. The van der Waals surface area contributed by atoms with Gasteiger partial charge in [0.15, 0.2) is 12.4 Å². The van der Waals surface area contributed by atoms with Crippen LogP contribution < -0.4 is 5.32 Å². The molecule has 1 amide bonds. The van der Waals surface area contributed by atoms with Gasteiger partial charge in [-0.3, -0.25) is 9.59 Å². The maximum Gasteiger partial charge on any atom is 0.339 e. The summed E-state index contributed by atoms with van der Waals surface area (Å²) in [4.78, 5) is 38.2. The molecule has 0 atom stereocenters. The molecule has 0 aromatic heterocycles. The fourth-order valence-corrected chi connectivity index (χ4v) is 6.41. The summed E-state index contributed by atoms with van der Waals surface area (Å²) in [6.07, 6.45) is 7.05. The summed E-state index contributed by atoms with van der Waals surface area (Å²) in [5.41, 5.74) is 0.848. The van der Waals surface area contributed by atoms with E-state index in [1.807, 2.05) is 6.07 Å². The highest BCUT2D eigenvalue weighted by Gasteiger charge is 2.51. The van der Waals surface area contributed by atoms with Gasteiger partial charge >= 0.3 is 5.97 Å². The molecule has 4 saturated carbocycles. The van der Waals surface area contributed by atoms with Gasteiger partial charge in [0.05, 0.1) is 5.56 Å². The Morgan fingerprint density at radius 1 is 0.806 bits per heavy atom. The van der Waals surface area contributed by atoms with Crippen LogP contribution >= 0.6 is 0 Å². The molecule has 2 aromatic rings. The number of hydrogen-bond donors (Lipinski definition) is 1. The summed E-state index contributed by atoms with van der Waals surface area (Å²) in [5.74, 6) is 1.04. The fraction of sp³-hybridized carbons (Fsp3) is 0.423. The summed E-state index contributed by atoms with van der Waals surface area (Å²) in [7, 11) is 0. The number of ketones is 1. The standard InChI is InChI=1S/C26H27NO4/c28-23(27-26-13-17-10-18(14-26)12-19(11-17)15-26)16-31-25(30)22-9-5-4-8-21(22)24(29)20-6-2-1-3-7-20/h1-9,17-19H,10-16H2,(H,27,28). The van der Waals surface area contributed by atoms with E-state index in [0.717, 1.165) is 37.0 Å². The lowest BCUT2D eigenvalue weighted by molar-refractivity contribution is -0.130. The Labute approximate surface area is 182 Å². The molecule has 0 spiro atoms. The minimum absolute atomic E-state index is 0.112. The van der Waals surface area contributed by atoms with E-state index < -0.39 is 5.97 Å². The van der Waals surface area contributed by atoms with Crippen molar-refractivity contribution in [1.82, 2.24) is 5.32 Å². The number of hydrogen-bond acceptors (Lipinski definition) is 4. The first-order valence-electron chi connectivity index (χ1n) is 11.2. The maximum atomic E-state index is 12.8. The van der Waals surface area contributed by atoms with Gasteiger partial charge in [0.25, 0.3) is 5.91 Å². The summed E-state index contributed by atoms with van der Waals surface area (Å²) in [6.45, 7) is -0.325. The molecule has 2 aromatic carbocycles. The van der Waals surface area contributed by atoms with Crippen LogP contribution in [0, 0.1) is 17.8 Å². The average molecular weight is 418 g/mol. The molecule has 0 aliphatic heterocycles. The Morgan fingerprint density at radius 2 is 1.35 bits per heavy atom. The molecule has 31 heavy (non-hydrogen) atoms. The highest BCUT2D eigenvalue weighted by Crippen LogP contribution is 2.55. The Bertz CT molecular complexity index is 978. The number of esters is 1. The Hall–Kier alpha value is -2.95. The number of benzene rings is 2. The van der Waals surface area contributed by atoms with E-state index in [9.17, 15) is 14.4 Å². The van der Waals surface area contributed by atoms with Crippen molar-refractivity contribution in [2.45, 2.75) is 44.1 Å². The van der Waals surface area contributed by atoms with Crippen LogP contribution in [0.4, 0.5) is 0 Å². The average Bonchev–Trinajstić information content (AvgIpc) is 2.76. The van der Waals surface area contributed by atoms with Crippen LogP contribution in [0.1, 0.15) is 64.8 Å². The molecule has 4 aliphatic rings. The van der Waals surface area contributed by atoms with Gasteiger partial charge in [0, 0.05) is 16.7 Å². The molecule has 0 unspecified atom stereocenters. The van der Waals surface area contributed by atoms with Crippen LogP contribution in [0.3, 0.4) is 0 Å². The third kappa shape index (κ3) is 4.01. The van der Waals surface area contributed by atoms with Crippen molar-refractivity contribution in [3.63, 3.8) is 0 Å². The second kappa shape index (κ2) is 7.95. The molecule has 5 nitrogen and oxygen atoms in total. The monoisotopic (exact) mass is 417 g/mol. The molecule has 4 aliphatic carbocycles. The van der Waals surface area contributed by atoms with Gasteiger partial charge < -0.3 is 10.1 Å². The van der Waals surface area contributed by atoms with Crippen LogP contribution in [0.5, 0.6) is 0 Å². The summed E-state index contributed by atoms with van der Waals surface area (Å²) in [5, 5.41) is 3.21. The summed E-state index contributed by atoms with van der Waals surface area (Å²) >= 11 is 0. The van der Waals surface area contributed by atoms with E-state index >= 15 is 0 Å². The number of carbonyl (C=O) groups excluding carboxylic acids is 3. The number of carbonyl (C=O) groups is 3. The van der Waals surface area contributed by atoms with Gasteiger partial charge in [0.2, 0.25) is 0 Å². The molecule has 0 radical (unpaired) electrons. The topological polar surface area (TPSA) is 72.5 Å². The quantitative estimate of drug-likeness (QED) is 0.566. The minimum Gasteiger partial charge on any atom is -0.452 e. The summed E-state index contributed by atoms with van der Waals surface area (Å²) < 4.78 is 5.33. The van der Waals surface area contributed by atoms with E-state index in [-0.39, 0.29) is 35.0 Å². The van der Waals surface area contributed by atoms with Gasteiger partial charge in [-0.25, -0.2) is 4.79 Å². The first kappa shape index (κ1) is 20.0. The number of rotatable bonds is 6. The van der Waals surface area contributed by atoms with Gasteiger partial charge in [0.1, 0.15) is 0 Å². The van der Waals surface area contributed by atoms with E-state index in [4.69, 9.17) is 4.74 Å². The highest BCUT2D eigenvalue weighted by atomic mass is 16.5. The smallest absolute Gasteiger partial charge is 0.339 e. The van der Waals surface area contributed by atoms with E-state index in [0.29, 0.717) is 5.56 Å². The third-order valence-corrected chi connectivity index (χ3v) is 7.20. The molecular formula is C26H27NO4. The summed E-state index contributed by atoms with van der Waals surface area (Å²) in [6, 6.07) is 15.4. The predicted molar refractivity (Wildman–Crippen MR) is 116 cm³/mol. The lowest BCUT2D eigenvalue weighted by Crippen LogP contribution is -2.60. The molecule has 5 heteroatoms. The zero-order valence-corrected chi connectivity index (χ0v) is 17.5. The Morgan fingerprint density at radius 3 is 1.97 bits per heavy atom. The van der Waals surface area contributed by atoms with Gasteiger partial charge in [-0.15, -0.1) is 0 Å². The van der Waals surface area contributed by atoms with Crippen molar-refractivity contribution in [2.24, 2.45) is 17.8 Å². The van der Waals surface area contributed by atoms with Crippen molar-refractivity contribution < 1.29 is 19.1 Å². The molecule has 4 bridgehead atoms. The van der Waals surface area contributed by atoms with Crippen molar-refractivity contribution >= 4 is 17.7 Å². The molecule has 4 fully saturated rings. The largest absolute Gasteiger partial charge is 0.452 e. The van der Waals surface area contributed by atoms with Crippen molar-refractivity contribution in [1.29, 1.82) is 0 Å². The zero-order chi connectivity index (χ0) is 21.4. The van der Waals surface area contributed by atoms with Gasteiger partial charge in [-0.05, 0) is 62.3 Å². The molecule has 1 N–H and O–H groups in total. The predicted octanol–water partition coefficient (Wildman–Crippen LogP) is 4.16. The van der Waals surface area contributed by atoms with E-state index in [1.54, 1.807) is 48.5 Å². The first-order chi connectivity index (χ1) is 15.0. The third-order valence-electron chi connectivity index (χ3n) is 7.20. The Kier molecular flexibility index (Phi) is 5.12. The second-order valence-electron chi connectivity index (χ2n) is 9.56. The lowest BCUT2D eigenvalue weighted by atomic mass is 9.53. The van der Waals surface area contributed by atoms with Crippen molar-refractivity contribution in [3.8, 4) is 0 Å². The molecular weight excluding hydrogens is 390 g/mol. The molecule has 160 valence electrons. The minimum atomic E-state index is -0.652. The molecule has 6 rings (SSSR count). The SMILES string of the molecule is O=C(COC(=O)c1ccccc1C(=O)c1ccccc1)NC12CC3CC(CC(C3)C1)C2. The van der Waals surface area contributed by atoms with Crippen LogP contribution in [0.2, 0.25) is 0 Å². The van der Waals surface area contributed by atoms with E-state index in [1.165, 1.54) is 19.3 Å². The first-order valence-corrected chi connectivity index (χ1v) is 11.2. The van der Waals surface area contributed by atoms with Crippen LogP contribution in [0.15, 0.2) is 54.6 Å². The van der Waals surface area contributed by atoms with Crippen LogP contribution in [-0.2, 0) is 9.53 Å². The van der Waals surface area contributed by atoms with Gasteiger partial charge in [-0.1, -0.05) is 48.5 Å². The zero-order valence-electron chi connectivity index (χ0n) is 17.5. The molecule has 0 saturated heterocycles. The Balaban J connectivity index is 1.23. The van der Waals surface area contributed by atoms with Crippen molar-refractivity contribution in [2.75, 3.05) is 6.61 Å². The molecule has 0 heterocycles. The van der Waals surface area contributed by atoms with Gasteiger partial charge in [-0.2, -0.15) is 0 Å².